The van der Waals surface area contributed by atoms with E-state index in [0.717, 1.165) is 17.7 Å². The minimum atomic E-state index is -4.42. The SMILES string of the molecule is O=C(c1ccc(C(F)(F)F)cc1)N1CCN=C1SCc1cccnc1. The van der Waals surface area contributed by atoms with E-state index in [9.17, 15) is 18.0 Å². The van der Waals surface area contributed by atoms with Gasteiger partial charge in [0.05, 0.1) is 12.1 Å². The third-order valence-electron chi connectivity index (χ3n) is 3.60. The normalized spacial score (nSPS) is 14.5. The first-order valence-corrected chi connectivity index (χ1v) is 8.49. The number of thioether (sulfide) groups is 1. The summed E-state index contributed by atoms with van der Waals surface area (Å²) in [5, 5.41) is 0.578. The third-order valence-corrected chi connectivity index (χ3v) is 4.68. The minimum Gasteiger partial charge on any atom is -0.286 e. The number of amides is 1. The molecule has 25 heavy (non-hydrogen) atoms. The molecule has 1 aliphatic rings. The number of aliphatic imine (C=N–C) groups is 1. The van der Waals surface area contributed by atoms with Gasteiger partial charge in [0.1, 0.15) is 0 Å². The van der Waals surface area contributed by atoms with Crippen LogP contribution in [0.3, 0.4) is 0 Å². The lowest BCUT2D eigenvalue weighted by Gasteiger charge is -2.18. The molecule has 0 fully saturated rings. The van der Waals surface area contributed by atoms with Crippen molar-refractivity contribution in [1.82, 2.24) is 9.88 Å². The topological polar surface area (TPSA) is 45.6 Å². The number of carbonyl (C=O) groups is 1. The number of aromatic nitrogens is 1. The van der Waals surface area contributed by atoms with Gasteiger partial charge in [-0.1, -0.05) is 17.8 Å². The van der Waals surface area contributed by atoms with Gasteiger partial charge in [0.15, 0.2) is 5.17 Å². The highest BCUT2D eigenvalue weighted by Crippen LogP contribution is 2.29. The van der Waals surface area contributed by atoms with Crippen molar-refractivity contribution in [3.63, 3.8) is 0 Å². The minimum absolute atomic E-state index is 0.213. The van der Waals surface area contributed by atoms with Gasteiger partial charge in [-0.25, -0.2) is 0 Å². The van der Waals surface area contributed by atoms with Crippen LogP contribution >= 0.6 is 11.8 Å². The average molecular weight is 365 g/mol. The molecule has 0 radical (unpaired) electrons. The Balaban J connectivity index is 1.68. The van der Waals surface area contributed by atoms with E-state index in [1.165, 1.54) is 28.8 Å². The molecule has 0 aliphatic carbocycles. The van der Waals surface area contributed by atoms with Crippen molar-refractivity contribution >= 4 is 22.8 Å². The molecular formula is C17H14F3N3OS. The van der Waals surface area contributed by atoms with E-state index >= 15 is 0 Å². The van der Waals surface area contributed by atoms with Gasteiger partial charge in [-0.3, -0.25) is 19.7 Å². The fraction of sp³-hybridized carbons (Fsp3) is 0.235. The maximum atomic E-state index is 12.6. The first-order chi connectivity index (χ1) is 11.9. The molecule has 2 aromatic rings. The largest absolute Gasteiger partial charge is 0.416 e. The van der Waals surface area contributed by atoms with Crippen LogP contribution in [0.25, 0.3) is 0 Å². The quantitative estimate of drug-likeness (QED) is 0.830. The summed E-state index contributed by atoms with van der Waals surface area (Å²) in [6, 6.07) is 8.00. The smallest absolute Gasteiger partial charge is 0.286 e. The highest BCUT2D eigenvalue weighted by Gasteiger charge is 2.31. The van der Waals surface area contributed by atoms with E-state index < -0.39 is 11.7 Å². The van der Waals surface area contributed by atoms with Gasteiger partial charge in [0, 0.05) is 30.3 Å². The number of benzene rings is 1. The number of hydrogen-bond acceptors (Lipinski definition) is 4. The van der Waals surface area contributed by atoms with Gasteiger partial charge < -0.3 is 0 Å². The number of alkyl halides is 3. The van der Waals surface area contributed by atoms with Gasteiger partial charge in [0.2, 0.25) is 0 Å². The molecule has 0 N–H and O–H groups in total. The van der Waals surface area contributed by atoms with Crippen LogP contribution < -0.4 is 0 Å². The predicted octanol–water partition coefficient (Wildman–Crippen LogP) is 3.85. The number of nitrogens with zero attached hydrogens (tertiary/aromatic N) is 3. The molecule has 0 atom stereocenters. The highest BCUT2D eigenvalue weighted by atomic mass is 32.2. The van der Waals surface area contributed by atoms with E-state index in [1.54, 1.807) is 12.4 Å². The number of halogens is 3. The number of hydrogen-bond donors (Lipinski definition) is 0. The average Bonchev–Trinajstić information content (AvgIpc) is 3.08. The molecular weight excluding hydrogens is 351 g/mol. The molecule has 3 rings (SSSR count). The van der Waals surface area contributed by atoms with E-state index in [-0.39, 0.29) is 11.5 Å². The molecule has 0 saturated carbocycles. The Morgan fingerprint density at radius 1 is 1.20 bits per heavy atom. The number of amidine groups is 1. The van der Waals surface area contributed by atoms with Gasteiger partial charge in [-0.05, 0) is 35.9 Å². The van der Waals surface area contributed by atoms with E-state index in [0.29, 0.717) is 24.0 Å². The van der Waals surface area contributed by atoms with Gasteiger partial charge in [-0.2, -0.15) is 13.2 Å². The van der Waals surface area contributed by atoms with Crippen LogP contribution in [0.2, 0.25) is 0 Å². The Bertz CT molecular complexity index is 776. The fourth-order valence-electron chi connectivity index (χ4n) is 2.33. The fourth-order valence-corrected chi connectivity index (χ4v) is 3.31. The van der Waals surface area contributed by atoms with E-state index in [4.69, 9.17) is 0 Å². The van der Waals surface area contributed by atoms with E-state index in [2.05, 4.69) is 9.98 Å². The first kappa shape index (κ1) is 17.5. The second kappa shape index (κ2) is 7.26. The number of pyridine rings is 1. The van der Waals surface area contributed by atoms with Crippen molar-refractivity contribution in [1.29, 1.82) is 0 Å². The van der Waals surface area contributed by atoms with Crippen molar-refractivity contribution in [3.8, 4) is 0 Å². The van der Waals surface area contributed by atoms with Crippen molar-refractivity contribution in [2.24, 2.45) is 4.99 Å². The van der Waals surface area contributed by atoms with Crippen molar-refractivity contribution in [2.45, 2.75) is 11.9 Å². The summed E-state index contributed by atoms with van der Waals surface area (Å²) in [6.07, 6.45) is -0.992. The van der Waals surface area contributed by atoms with Crippen molar-refractivity contribution in [2.75, 3.05) is 13.1 Å². The highest BCUT2D eigenvalue weighted by molar-refractivity contribution is 8.13. The van der Waals surface area contributed by atoms with Crippen molar-refractivity contribution < 1.29 is 18.0 Å². The lowest BCUT2D eigenvalue weighted by atomic mass is 10.1. The van der Waals surface area contributed by atoms with Crippen LogP contribution in [0.4, 0.5) is 13.2 Å². The Kier molecular flexibility index (Phi) is 5.08. The van der Waals surface area contributed by atoms with Gasteiger partial charge in [0.25, 0.3) is 5.91 Å². The zero-order valence-corrected chi connectivity index (χ0v) is 13.8. The second-order valence-electron chi connectivity index (χ2n) is 5.35. The molecule has 130 valence electrons. The monoisotopic (exact) mass is 365 g/mol. The molecule has 2 heterocycles. The molecule has 0 bridgehead atoms. The Morgan fingerprint density at radius 2 is 1.96 bits per heavy atom. The van der Waals surface area contributed by atoms with Gasteiger partial charge in [-0.15, -0.1) is 0 Å². The summed E-state index contributed by atoms with van der Waals surface area (Å²) >= 11 is 1.41. The molecule has 1 aliphatic heterocycles. The maximum absolute atomic E-state index is 12.6. The zero-order valence-electron chi connectivity index (χ0n) is 13.0. The molecule has 1 aromatic heterocycles. The lowest BCUT2D eigenvalue weighted by Crippen LogP contribution is -2.32. The molecule has 8 heteroatoms. The van der Waals surface area contributed by atoms with Crippen LogP contribution in [0.5, 0.6) is 0 Å². The zero-order chi connectivity index (χ0) is 17.9. The maximum Gasteiger partial charge on any atom is 0.416 e. The Labute approximate surface area is 146 Å². The molecule has 0 saturated heterocycles. The lowest BCUT2D eigenvalue weighted by molar-refractivity contribution is -0.137. The van der Waals surface area contributed by atoms with Crippen LogP contribution in [0, 0.1) is 0 Å². The number of rotatable bonds is 3. The molecule has 0 unspecified atom stereocenters. The molecule has 1 aromatic carbocycles. The van der Waals surface area contributed by atoms with E-state index in [1.807, 2.05) is 12.1 Å². The summed E-state index contributed by atoms with van der Waals surface area (Å²) in [5.74, 6) is 0.271. The van der Waals surface area contributed by atoms with Crippen LogP contribution in [0.15, 0.2) is 53.8 Å². The summed E-state index contributed by atoms with van der Waals surface area (Å²) in [4.78, 5) is 22.4. The Morgan fingerprint density at radius 3 is 2.60 bits per heavy atom. The third kappa shape index (κ3) is 4.19. The molecule has 1 amide bonds. The summed E-state index contributed by atoms with van der Waals surface area (Å²) in [6.45, 7) is 0.914. The first-order valence-electron chi connectivity index (χ1n) is 7.50. The molecule has 0 spiro atoms. The number of carbonyl (C=O) groups excluding carboxylic acids is 1. The summed E-state index contributed by atoms with van der Waals surface area (Å²) in [7, 11) is 0. The standard InChI is InChI=1S/C17H14F3N3OS/c18-17(19,20)14-5-3-13(4-6-14)15(24)23-9-8-22-16(23)25-11-12-2-1-7-21-10-12/h1-7,10H,8-9,11H2. The predicted molar refractivity (Wildman–Crippen MR) is 90.3 cm³/mol. The van der Waals surface area contributed by atoms with Crippen LogP contribution in [-0.2, 0) is 11.9 Å². The van der Waals surface area contributed by atoms with Crippen molar-refractivity contribution in [3.05, 3.63) is 65.5 Å². The molecule has 4 nitrogen and oxygen atoms in total. The summed E-state index contributed by atoms with van der Waals surface area (Å²) < 4.78 is 37.9. The summed E-state index contributed by atoms with van der Waals surface area (Å²) in [5.41, 5.74) is 0.443. The van der Waals surface area contributed by atoms with Gasteiger partial charge >= 0.3 is 6.18 Å². The second-order valence-corrected chi connectivity index (χ2v) is 6.29. The van der Waals surface area contributed by atoms with Crippen LogP contribution in [0.1, 0.15) is 21.5 Å². The van der Waals surface area contributed by atoms with Crippen LogP contribution in [-0.4, -0.2) is 34.0 Å². The Hall–Kier alpha value is -2.35.